The number of anilines is 3. The molecule has 0 bridgehead atoms. The number of nitrogens with one attached hydrogen (secondary N) is 4. The first-order valence-electron chi connectivity index (χ1n) is 7.87. The summed E-state index contributed by atoms with van der Waals surface area (Å²) in [4.78, 5) is 22.2. The summed E-state index contributed by atoms with van der Waals surface area (Å²) < 4.78 is 0. The van der Waals surface area contributed by atoms with Crippen LogP contribution < -0.4 is 16.0 Å². The lowest BCUT2D eigenvalue weighted by atomic mass is 10.2. The minimum atomic E-state index is -0.323. The van der Waals surface area contributed by atoms with E-state index in [0.717, 1.165) is 17.9 Å². The largest absolute Gasteiger partial charge is 0.354 e. The molecule has 0 aliphatic carbocycles. The van der Waals surface area contributed by atoms with Crippen molar-refractivity contribution >= 4 is 29.4 Å². The smallest absolute Gasteiger partial charge is 0.320 e. The van der Waals surface area contributed by atoms with Gasteiger partial charge in [0.25, 0.3) is 0 Å². The predicted octanol–water partition coefficient (Wildman–Crippen LogP) is 2.21. The minimum absolute atomic E-state index is 0.323. The van der Waals surface area contributed by atoms with E-state index in [0.29, 0.717) is 23.6 Å². The third-order valence-electron chi connectivity index (χ3n) is 3.35. The fourth-order valence-electron chi connectivity index (χ4n) is 2.10. The van der Waals surface area contributed by atoms with Crippen molar-refractivity contribution in [3.8, 4) is 0 Å². The molecule has 0 fully saturated rings. The Morgan fingerprint density at radius 1 is 1.32 bits per heavy atom. The number of amides is 2. The Bertz CT molecular complexity index is 746. The third-order valence-corrected chi connectivity index (χ3v) is 3.35. The maximum atomic E-state index is 11.8. The first kappa shape index (κ1) is 18.3. The Balaban J connectivity index is 2.03. The summed E-state index contributed by atoms with van der Waals surface area (Å²) in [5.74, 6) is 0.386. The van der Waals surface area contributed by atoms with E-state index >= 15 is 0 Å². The van der Waals surface area contributed by atoms with Crippen molar-refractivity contribution in [1.82, 2.24) is 20.2 Å². The second-order valence-corrected chi connectivity index (χ2v) is 5.80. The highest BCUT2D eigenvalue weighted by molar-refractivity contribution is 5.92. The Labute approximate surface area is 147 Å². The lowest BCUT2D eigenvalue weighted by Gasteiger charge is -2.13. The van der Waals surface area contributed by atoms with Gasteiger partial charge in [-0.3, -0.25) is 10.3 Å². The zero-order valence-corrected chi connectivity index (χ0v) is 14.6. The quantitative estimate of drug-likeness (QED) is 0.578. The summed E-state index contributed by atoms with van der Waals surface area (Å²) in [7, 11) is 3.88. The predicted molar refractivity (Wildman–Crippen MR) is 100.0 cm³/mol. The van der Waals surface area contributed by atoms with Crippen LogP contribution in [0.2, 0.25) is 0 Å². The molecule has 0 unspecified atom stereocenters. The van der Waals surface area contributed by atoms with Crippen molar-refractivity contribution in [2.45, 2.75) is 6.92 Å². The molecule has 8 nitrogen and oxygen atoms in total. The average Bonchev–Trinajstić information content (AvgIpc) is 2.56. The van der Waals surface area contributed by atoms with Gasteiger partial charge in [0.1, 0.15) is 5.82 Å². The highest BCUT2D eigenvalue weighted by atomic mass is 16.2. The van der Waals surface area contributed by atoms with Gasteiger partial charge in [0.05, 0.1) is 11.9 Å². The van der Waals surface area contributed by atoms with Gasteiger partial charge >= 0.3 is 6.03 Å². The van der Waals surface area contributed by atoms with Gasteiger partial charge < -0.3 is 20.9 Å². The van der Waals surface area contributed by atoms with Crippen LogP contribution in [0.3, 0.4) is 0 Å². The number of hydrogen-bond donors (Lipinski definition) is 4. The number of likely N-dealkylation sites (N-methyl/N-ethyl adjacent to an activating group) is 1. The van der Waals surface area contributed by atoms with Crippen molar-refractivity contribution in [2.24, 2.45) is 0 Å². The van der Waals surface area contributed by atoms with Gasteiger partial charge in [0.2, 0.25) is 0 Å². The van der Waals surface area contributed by atoms with Crippen LogP contribution in [-0.2, 0) is 0 Å². The molecule has 0 spiro atoms. The molecule has 25 heavy (non-hydrogen) atoms. The number of hydrogen-bond acceptors (Lipinski definition) is 6. The number of carbonyl (C=O) groups is 1. The molecule has 0 saturated carbocycles. The summed E-state index contributed by atoms with van der Waals surface area (Å²) in [5, 5.41) is 16.2. The van der Waals surface area contributed by atoms with Crippen LogP contribution in [0.25, 0.3) is 0 Å². The number of nitrogens with zero attached hydrogens (tertiary/aromatic N) is 3. The van der Waals surface area contributed by atoms with E-state index in [1.54, 1.807) is 18.5 Å². The summed E-state index contributed by atoms with van der Waals surface area (Å²) in [6.07, 6.45) is 4.52. The van der Waals surface area contributed by atoms with Crippen molar-refractivity contribution < 1.29 is 4.79 Å². The number of aromatic nitrogens is 2. The van der Waals surface area contributed by atoms with E-state index in [1.807, 2.05) is 38.1 Å². The summed E-state index contributed by atoms with van der Waals surface area (Å²) in [6, 6.07) is 5.06. The molecule has 0 radical (unpaired) electrons. The van der Waals surface area contributed by atoms with Crippen LogP contribution in [0, 0.1) is 12.3 Å². The number of pyridine rings is 2. The van der Waals surface area contributed by atoms with Gasteiger partial charge in [0, 0.05) is 42.4 Å². The first-order valence-corrected chi connectivity index (χ1v) is 7.87. The monoisotopic (exact) mass is 341 g/mol. The van der Waals surface area contributed by atoms with Crippen LogP contribution in [0.1, 0.15) is 11.3 Å². The van der Waals surface area contributed by atoms with Crippen LogP contribution in [0.5, 0.6) is 0 Å². The Morgan fingerprint density at radius 2 is 2.12 bits per heavy atom. The van der Waals surface area contributed by atoms with Gasteiger partial charge in [-0.15, -0.1) is 0 Å². The van der Waals surface area contributed by atoms with E-state index in [1.165, 1.54) is 6.21 Å². The van der Waals surface area contributed by atoms with Crippen LogP contribution in [-0.4, -0.2) is 54.3 Å². The van der Waals surface area contributed by atoms with Gasteiger partial charge in [-0.2, -0.15) is 0 Å². The molecule has 0 atom stereocenters. The molecule has 2 aromatic heterocycles. The number of aryl methyl sites for hydroxylation is 1. The first-order chi connectivity index (χ1) is 12.0. The highest BCUT2D eigenvalue weighted by Crippen LogP contribution is 2.21. The molecular formula is C17H23N7O. The molecule has 2 rings (SSSR count). The molecule has 2 aromatic rings. The van der Waals surface area contributed by atoms with E-state index < -0.39 is 0 Å². The summed E-state index contributed by atoms with van der Waals surface area (Å²) in [6.45, 7) is 3.20. The Morgan fingerprint density at radius 3 is 2.80 bits per heavy atom. The number of carbonyl (C=O) groups excluding carboxylic acids is 1. The fourth-order valence-corrected chi connectivity index (χ4v) is 2.10. The average molecular weight is 341 g/mol. The molecule has 0 saturated heterocycles. The van der Waals surface area contributed by atoms with E-state index in [4.69, 9.17) is 5.41 Å². The topological polar surface area (TPSA) is 106 Å². The zero-order valence-electron chi connectivity index (χ0n) is 14.6. The normalized spacial score (nSPS) is 10.4. The Kier molecular flexibility index (Phi) is 6.41. The van der Waals surface area contributed by atoms with Crippen molar-refractivity contribution in [1.29, 1.82) is 5.41 Å². The molecular weight excluding hydrogens is 318 g/mol. The molecule has 0 aliphatic heterocycles. The molecule has 132 valence electrons. The molecule has 8 heteroatoms. The SMILES string of the molecule is Cc1cc(Nc2cnc(NC(=O)NCCN(C)C)cc2C=N)ccn1. The summed E-state index contributed by atoms with van der Waals surface area (Å²) in [5.41, 5.74) is 3.05. The lowest BCUT2D eigenvalue weighted by molar-refractivity contribution is 0.250. The maximum absolute atomic E-state index is 11.8. The minimum Gasteiger partial charge on any atom is -0.354 e. The van der Waals surface area contributed by atoms with Gasteiger partial charge in [-0.05, 0) is 39.2 Å². The van der Waals surface area contributed by atoms with Gasteiger partial charge in [-0.25, -0.2) is 9.78 Å². The standard InChI is InChI=1S/C17H23N7O/c1-12-8-14(4-5-19-12)22-15-11-21-16(9-13(15)10-18)23-17(25)20-6-7-24(2)3/h4-5,8-11,18H,6-7H2,1-3H3,(H,19,22)(H2,20,21,23,25). The maximum Gasteiger partial charge on any atom is 0.320 e. The van der Waals surface area contributed by atoms with Gasteiger partial charge in [0.15, 0.2) is 0 Å². The zero-order chi connectivity index (χ0) is 18.2. The second-order valence-electron chi connectivity index (χ2n) is 5.80. The Hall–Kier alpha value is -3.00. The van der Waals surface area contributed by atoms with Crippen LogP contribution >= 0.6 is 0 Å². The molecule has 2 heterocycles. The third kappa shape index (κ3) is 5.85. The van der Waals surface area contributed by atoms with E-state index in [2.05, 4.69) is 25.9 Å². The fraction of sp³-hybridized carbons (Fsp3) is 0.294. The number of urea groups is 1. The van der Waals surface area contributed by atoms with Crippen LogP contribution in [0.4, 0.5) is 22.0 Å². The van der Waals surface area contributed by atoms with E-state index in [9.17, 15) is 4.79 Å². The lowest BCUT2D eigenvalue weighted by Crippen LogP contribution is -2.34. The second kappa shape index (κ2) is 8.74. The van der Waals surface area contributed by atoms with Crippen LogP contribution in [0.15, 0.2) is 30.6 Å². The number of rotatable bonds is 7. The molecule has 0 aromatic carbocycles. The molecule has 2 amide bonds. The van der Waals surface area contributed by atoms with Crippen molar-refractivity contribution in [3.05, 3.63) is 41.9 Å². The van der Waals surface area contributed by atoms with Crippen molar-refractivity contribution in [3.63, 3.8) is 0 Å². The van der Waals surface area contributed by atoms with Gasteiger partial charge in [-0.1, -0.05) is 0 Å². The molecule has 0 aliphatic rings. The molecule has 4 N–H and O–H groups in total. The summed E-state index contributed by atoms with van der Waals surface area (Å²) >= 11 is 0. The van der Waals surface area contributed by atoms with E-state index in [-0.39, 0.29) is 6.03 Å². The van der Waals surface area contributed by atoms with Crippen molar-refractivity contribution in [2.75, 3.05) is 37.8 Å². The highest BCUT2D eigenvalue weighted by Gasteiger charge is 2.07.